The van der Waals surface area contributed by atoms with Crippen LogP contribution in [0.4, 0.5) is 5.82 Å². The first-order valence-electron chi connectivity index (χ1n) is 6.16. The predicted molar refractivity (Wildman–Crippen MR) is 73.4 cm³/mol. The van der Waals surface area contributed by atoms with Crippen molar-refractivity contribution in [2.75, 3.05) is 12.4 Å². The minimum atomic E-state index is -0.497. The number of hydrogen-bond donors (Lipinski definition) is 1. The Hall–Kier alpha value is -2.44. The van der Waals surface area contributed by atoms with E-state index in [1.807, 2.05) is 25.6 Å². The van der Waals surface area contributed by atoms with E-state index in [1.165, 1.54) is 19.5 Å². The lowest BCUT2D eigenvalue weighted by atomic mass is 10.2. The van der Waals surface area contributed by atoms with Gasteiger partial charge in [-0.05, 0) is 13.8 Å². The fourth-order valence-electron chi connectivity index (χ4n) is 1.88. The third-order valence-corrected chi connectivity index (χ3v) is 3.15. The first-order chi connectivity index (χ1) is 9.52. The summed E-state index contributed by atoms with van der Waals surface area (Å²) in [5, 5.41) is 7.51. The molecule has 0 unspecified atom stereocenters. The minimum Gasteiger partial charge on any atom is -0.464 e. The maximum absolute atomic E-state index is 11.2. The minimum absolute atomic E-state index is 0.187. The molecular weight excluding hydrogens is 258 g/mol. The second kappa shape index (κ2) is 5.68. The Morgan fingerprint density at radius 3 is 2.60 bits per heavy atom. The molecular formula is C13H17N5O2. The standard InChI is InChI=1S/C13H17N5O2/c1-8-10(9(2)18(3)17-8)5-15-12-7-14-11(6-16-12)13(19)20-4/h6-7H,5H2,1-4H3,(H,15,16). The maximum Gasteiger partial charge on any atom is 0.358 e. The van der Waals surface area contributed by atoms with Crippen LogP contribution in [0.2, 0.25) is 0 Å². The first kappa shape index (κ1) is 14.0. The molecule has 0 saturated carbocycles. The zero-order chi connectivity index (χ0) is 14.7. The van der Waals surface area contributed by atoms with Crippen molar-refractivity contribution in [3.05, 3.63) is 35.0 Å². The molecule has 2 aromatic heterocycles. The Morgan fingerprint density at radius 2 is 2.10 bits per heavy atom. The summed E-state index contributed by atoms with van der Waals surface area (Å²) in [5.41, 5.74) is 3.41. The average molecular weight is 275 g/mol. The van der Waals surface area contributed by atoms with Gasteiger partial charge in [0.05, 0.1) is 25.2 Å². The Balaban J connectivity index is 2.06. The van der Waals surface area contributed by atoms with Gasteiger partial charge in [0, 0.05) is 24.8 Å². The van der Waals surface area contributed by atoms with Gasteiger partial charge in [0.25, 0.3) is 0 Å². The summed E-state index contributed by atoms with van der Waals surface area (Å²) in [6.45, 7) is 4.59. The van der Waals surface area contributed by atoms with Crippen molar-refractivity contribution >= 4 is 11.8 Å². The third kappa shape index (κ3) is 2.76. The molecule has 20 heavy (non-hydrogen) atoms. The van der Waals surface area contributed by atoms with E-state index < -0.39 is 5.97 Å². The number of nitrogens with one attached hydrogen (secondary N) is 1. The number of rotatable bonds is 4. The maximum atomic E-state index is 11.2. The highest BCUT2D eigenvalue weighted by atomic mass is 16.5. The highest BCUT2D eigenvalue weighted by molar-refractivity contribution is 5.86. The van der Waals surface area contributed by atoms with Gasteiger partial charge >= 0.3 is 5.97 Å². The Bertz CT molecular complexity index is 618. The van der Waals surface area contributed by atoms with E-state index >= 15 is 0 Å². The second-order valence-corrected chi connectivity index (χ2v) is 4.40. The number of esters is 1. The van der Waals surface area contributed by atoms with Crippen LogP contribution < -0.4 is 5.32 Å². The molecule has 2 aromatic rings. The molecule has 7 heteroatoms. The summed E-state index contributed by atoms with van der Waals surface area (Å²) >= 11 is 0. The molecule has 0 aliphatic carbocycles. The van der Waals surface area contributed by atoms with Gasteiger partial charge in [-0.2, -0.15) is 5.10 Å². The van der Waals surface area contributed by atoms with Crippen molar-refractivity contribution in [2.45, 2.75) is 20.4 Å². The van der Waals surface area contributed by atoms with E-state index in [9.17, 15) is 4.79 Å². The van der Waals surface area contributed by atoms with Crippen LogP contribution in [0.1, 0.15) is 27.4 Å². The molecule has 0 aromatic carbocycles. The zero-order valence-corrected chi connectivity index (χ0v) is 12.0. The molecule has 2 heterocycles. The molecule has 0 aliphatic rings. The highest BCUT2D eigenvalue weighted by Gasteiger charge is 2.10. The second-order valence-electron chi connectivity index (χ2n) is 4.40. The van der Waals surface area contributed by atoms with Gasteiger partial charge in [0.15, 0.2) is 5.69 Å². The molecule has 106 valence electrons. The number of hydrogen-bond acceptors (Lipinski definition) is 6. The number of nitrogens with zero attached hydrogens (tertiary/aromatic N) is 4. The summed E-state index contributed by atoms with van der Waals surface area (Å²) < 4.78 is 6.41. The molecule has 0 fully saturated rings. The van der Waals surface area contributed by atoms with Crippen molar-refractivity contribution < 1.29 is 9.53 Å². The Morgan fingerprint density at radius 1 is 1.35 bits per heavy atom. The predicted octanol–water partition coefficient (Wildman–Crippen LogP) is 1.23. The van der Waals surface area contributed by atoms with Crippen LogP contribution in [0.15, 0.2) is 12.4 Å². The Kier molecular flexibility index (Phi) is 3.97. The highest BCUT2D eigenvalue weighted by Crippen LogP contribution is 2.13. The summed E-state index contributed by atoms with van der Waals surface area (Å²) in [4.78, 5) is 19.4. The van der Waals surface area contributed by atoms with E-state index in [4.69, 9.17) is 0 Å². The van der Waals surface area contributed by atoms with Crippen LogP contribution in [0.25, 0.3) is 0 Å². The van der Waals surface area contributed by atoms with Crippen molar-refractivity contribution in [3.63, 3.8) is 0 Å². The van der Waals surface area contributed by atoms with Gasteiger partial charge in [-0.15, -0.1) is 0 Å². The van der Waals surface area contributed by atoms with Crippen LogP contribution in [0.5, 0.6) is 0 Å². The van der Waals surface area contributed by atoms with Crippen molar-refractivity contribution in [2.24, 2.45) is 7.05 Å². The average Bonchev–Trinajstić information content (AvgIpc) is 2.70. The van der Waals surface area contributed by atoms with Gasteiger partial charge in [-0.1, -0.05) is 0 Å². The van der Waals surface area contributed by atoms with E-state index in [0.29, 0.717) is 12.4 Å². The topological polar surface area (TPSA) is 81.9 Å². The number of methoxy groups -OCH3 is 1. The zero-order valence-electron chi connectivity index (χ0n) is 12.0. The third-order valence-electron chi connectivity index (χ3n) is 3.15. The van der Waals surface area contributed by atoms with Gasteiger partial charge in [0.2, 0.25) is 0 Å². The van der Waals surface area contributed by atoms with Crippen molar-refractivity contribution in [1.29, 1.82) is 0 Å². The number of aromatic nitrogens is 4. The van der Waals surface area contributed by atoms with Crippen molar-refractivity contribution in [3.8, 4) is 0 Å². The fraction of sp³-hybridized carbons (Fsp3) is 0.385. The monoisotopic (exact) mass is 275 g/mol. The quantitative estimate of drug-likeness (QED) is 0.845. The lowest BCUT2D eigenvalue weighted by molar-refractivity contribution is 0.0593. The normalized spacial score (nSPS) is 10.4. The summed E-state index contributed by atoms with van der Waals surface area (Å²) in [6.07, 6.45) is 2.89. The summed E-state index contributed by atoms with van der Waals surface area (Å²) in [5.74, 6) is 0.100. The number of anilines is 1. The van der Waals surface area contributed by atoms with Gasteiger partial charge in [0.1, 0.15) is 5.82 Å². The summed E-state index contributed by atoms with van der Waals surface area (Å²) in [7, 11) is 3.22. The number of ether oxygens (including phenoxy) is 1. The molecule has 0 atom stereocenters. The molecule has 2 rings (SSSR count). The molecule has 0 spiro atoms. The molecule has 0 amide bonds. The summed E-state index contributed by atoms with van der Waals surface area (Å²) in [6, 6.07) is 0. The number of carbonyl (C=O) groups excluding carboxylic acids is 1. The SMILES string of the molecule is COC(=O)c1cnc(NCc2c(C)nn(C)c2C)cn1. The largest absolute Gasteiger partial charge is 0.464 e. The molecule has 1 N–H and O–H groups in total. The number of carbonyl (C=O) groups is 1. The first-order valence-corrected chi connectivity index (χ1v) is 6.16. The van der Waals surface area contributed by atoms with Crippen LogP contribution in [-0.2, 0) is 18.3 Å². The molecule has 7 nitrogen and oxygen atoms in total. The van der Waals surface area contributed by atoms with Gasteiger partial charge in [-0.3, -0.25) is 4.68 Å². The molecule has 0 saturated heterocycles. The molecule has 0 bridgehead atoms. The van der Waals surface area contributed by atoms with E-state index in [0.717, 1.165) is 17.0 Å². The van der Waals surface area contributed by atoms with Crippen LogP contribution in [0, 0.1) is 13.8 Å². The van der Waals surface area contributed by atoms with Gasteiger partial charge in [-0.25, -0.2) is 14.8 Å². The van der Waals surface area contributed by atoms with Crippen LogP contribution in [0.3, 0.4) is 0 Å². The Labute approximate surface area is 117 Å². The van der Waals surface area contributed by atoms with Crippen LogP contribution >= 0.6 is 0 Å². The fourth-order valence-corrected chi connectivity index (χ4v) is 1.88. The smallest absolute Gasteiger partial charge is 0.358 e. The van der Waals surface area contributed by atoms with E-state index in [2.05, 4.69) is 25.1 Å². The van der Waals surface area contributed by atoms with Crippen LogP contribution in [-0.4, -0.2) is 32.8 Å². The lowest BCUT2D eigenvalue weighted by Crippen LogP contribution is -2.08. The molecule has 0 radical (unpaired) electrons. The van der Waals surface area contributed by atoms with E-state index in [1.54, 1.807) is 0 Å². The number of aryl methyl sites for hydroxylation is 2. The lowest BCUT2D eigenvalue weighted by Gasteiger charge is -2.06. The van der Waals surface area contributed by atoms with E-state index in [-0.39, 0.29) is 5.69 Å². The van der Waals surface area contributed by atoms with Crippen molar-refractivity contribution in [1.82, 2.24) is 19.7 Å². The molecule has 0 aliphatic heterocycles. The van der Waals surface area contributed by atoms with Gasteiger partial charge < -0.3 is 10.1 Å².